The van der Waals surface area contributed by atoms with E-state index in [2.05, 4.69) is 31.6 Å². The molecule has 0 spiro atoms. The largest absolute Gasteiger partial charge is 0.367 e. The summed E-state index contributed by atoms with van der Waals surface area (Å²) in [6, 6.07) is 15.4. The second-order valence-corrected chi connectivity index (χ2v) is 7.27. The second-order valence-electron chi connectivity index (χ2n) is 7.27. The SMILES string of the molecule is O=C(Nc1cccc(F)c1)Nc1cccc2c1CCN2Cc1ccnc2[nH]ccc12. The van der Waals surface area contributed by atoms with E-state index in [1.54, 1.807) is 12.1 Å². The molecule has 0 saturated carbocycles. The number of urea groups is 1. The van der Waals surface area contributed by atoms with Gasteiger partial charge in [0, 0.05) is 53.5 Å². The van der Waals surface area contributed by atoms with Crippen LogP contribution in [-0.2, 0) is 13.0 Å². The monoisotopic (exact) mass is 401 g/mol. The summed E-state index contributed by atoms with van der Waals surface area (Å²) in [5.41, 5.74) is 5.48. The minimum atomic E-state index is -0.393. The fraction of sp³-hybridized carbons (Fsp3) is 0.130. The number of rotatable bonds is 4. The first-order chi connectivity index (χ1) is 14.7. The molecule has 4 aromatic rings. The zero-order valence-corrected chi connectivity index (χ0v) is 16.2. The van der Waals surface area contributed by atoms with E-state index in [0.29, 0.717) is 5.69 Å². The maximum absolute atomic E-state index is 13.3. The minimum absolute atomic E-state index is 0.392. The third kappa shape index (κ3) is 3.45. The standard InChI is InChI=1S/C23H20FN5O/c24-16-3-1-4-17(13-16)27-23(30)28-20-5-2-6-21-19(20)9-12-29(21)14-15-7-10-25-22-18(15)8-11-26-22/h1-8,10-11,13H,9,12,14H2,(H,25,26)(H2,27,28,30). The van der Waals surface area contributed by atoms with Crippen molar-refractivity contribution >= 4 is 34.1 Å². The number of carbonyl (C=O) groups excluding carboxylic acids is 1. The molecule has 0 aliphatic carbocycles. The average molecular weight is 401 g/mol. The van der Waals surface area contributed by atoms with Crippen LogP contribution < -0.4 is 15.5 Å². The summed E-state index contributed by atoms with van der Waals surface area (Å²) < 4.78 is 13.3. The highest BCUT2D eigenvalue weighted by molar-refractivity contribution is 6.00. The van der Waals surface area contributed by atoms with E-state index in [0.717, 1.165) is 47.5 Å². The van der Waals surface area contributed by atoms with Crippen LogP contribution in [0.5, 0.6) is 0 Å². The van der Waals surface area contributed by atoms with Gasteiger partial charge in [-0.1, -0.05) is 12.1 Å². The summed E-state index contributed by atoms with van der Waals surface area (Å²) >= 11 is 0. The molecule has 2 amide bonds. The van der Waals surface area contributed by atoms with Gasteiger partial charge in [0.05, 0.1) is 0 Å². The van der Waals surface area contributed by atoms with Gasteiger partial charge in [-0.25, -0.2) is 14.2 Å². The van der Waals surface area contributed by atoms with Crippen molar-refractivity contribution < 1.29 is 9.18 Å². The van der Waals surface area contributed by atoms with Gasteiger partial charge in [0.2, 0.25) is 0 Å². The van der Waals surface area contributed by atoms with Crippen molar-refractivity contribution in [1.29, 1.82) is 0 Å². The molecular formula is C23H20FN5O. The number of aromatic amines is 1. The van der Waals surface area contributed by atoms with Crippen molar-refractivity contribution in [2.24, 2.45) is 0 Å². The number of aromatic nitrogens is 2. The third-order valence-corrected chi connectivity index (χ3v) is 5.37. The Kier molecular flexibility index (Phi) is 4.55. The first-order valence-corrected chi connectivity index (χ1v) is 9.79. The number of nitrogens with zero attached hydrogens (tertiary/aromatic N) is 2. The summed E-state index contributed by atoms with van der Waals surface area (Å²) in [7, 11) is 0. The second kappa shape index (κ2) is 7.51. The number of carbonyl (C=O) groups is 1. The molecule has 7 heteroatoms. The molecule has 3 heterocycles. The number of halogens is 1. The average Bonchev–Trinajstić information content (AvgIpc) is 3.36. The van der Waals surface area contributed by atoms with E-state index in [-0.39, 0.29) is 0 Å². The number of H-pyrrole nitrogens is 1. The van der Waals surface area contributed by atoms with Crippen LogP contribution in [0.2, 0.25) is 0 Å². The predicted molar refractivity (Wildman–Crippen MR) is 116 cm³/mol. The summed E-state index contributed by atoms with van der Waals surface area (Å²) in [6.45, 7) is 1.64. The highest BCUT2D eigenvalue weighted by Crippen LogP contribution is 2.35. The topological polar surface area (TPSA) is 73.1 Å². The lowest BCUT2D eigenvalue weighted by molar-refractivity contribution is 0.262. The van der Waals surface area contributed by atoms with Crippen molar-refractivity contribution in [2.75, 3.05) is 22.1 Å². The van der Waals surface area contributed by atoms with Crippen LogP contribution in [0.1, 0.15) is 11.1 Å². The minimum Gasteiger partial charge on any atom is -0.367 e. The van der Waals surface area contributed by atoms with Gasteiger partial charge in [-0.3, -0.25) is 0 Å². The Morgan fingerprint density at radius 3 is 2.93 bits per heavy atom. The van der Waals surface area contributed by atoms with Crippen molar-refractivity contribution in [1.82, 2.24) is 9.97 Å². The summed E-state index contributed by atoms with van der Waals surface area (Å²) in [4.78, 5) is 22.2. The number of hydrogen-bond donors (Lipinski definition) is 3. The van der Waals surface area contributed by atoms with Gasteiger partial charge in [-0.05, 0) is 54.4 Å². The number of amides is 2. The normalized spacial score (nSPS) is 12.8. The maximum atomic E-state index is 13.3. The van der Waals surface area contributed by atoms with E-state index in [1.165, 1.54) is 17.7 Å². The number of hydrogen-bond acceptors (Lipinski definition) is 3. The molecule has 30 heavy (non-hydrogen) atoms. The highest BCUT2D eigenvalue weighted by Gasteiger charge is 2.23. The molecule has 1 aliphatic heterocycles. The van der Waals surface area contributed by atoms with Crippen LogP contribution in [0.3, 0.4) is 0 Å². The molecule has 6 nitrogen and oxygen atoms in total. The highest BCUT2D eigenvalue weighted by atomic mass is 19.1. The lowest BCUT2D eigenvalue weighted by Gasteiger charge is -2.20. The van der Waals surface area contributed by atoms with Gasteiger partial charge < -0.3 is 20.5 Å². The number of nitrogens with one attached hydrogen (secondary N) is 3. The maximum Gasteiger partial charge on any atom is 0.323 e. The van der Waals surface area contributed by atoms with Crippen molar-refractivity contribution in [2.45, 2.75) is 13.0 Å². The zero-order valence-electron chi connectivity index (χ0n) is 16.2. The van der Waals surface area contributed by atoms with E-state index >= 15 is 0 Å². The molecule has 0 unspecified atom stereocenters. The molecule has 2 aromatic carbocycles. The van der Waals surface area contributed by atoms with Crippen LogP contribution in [0.15, 0.2) is 67.0 Å². The van der Waals surface area contributed by atoms with Gasteiger partial charge in [-0.15, -0.1) is 0 Å². The smallest absolute Gasteiger partial charge is 0.323 e. The Hall–Kier alpha value is -3.87. The zero-order chi connectivity index (χ0) is 20.5. The third-order valence-electron chi connectivity index (χ3n) is 5.37. The van der Waals surface area contributed by atoms with Crippen LogP contribution >= 0.6 is 0 Å². The molecule has 3 N–H and O–H groups in total. The molecular weight excluding hydrogens is 381 g/mol. The Balaban J connectivity index is 1.34. The quantitative estimate of drug-likeness (QED) is 0.455. The van der Waals surface area contributed by atoms with Gasteiger partial charge in [-0.2, -0.15) is 0 Å². The Morgan fingerprint density at radius 2 is 2.03 bits per heavy atom. The Morgan fingerprint density at radius 1 is 1.13 bits per heavy atom. The van der Waals surface area contributed by atoms with Crippen LogP contribution in [0.25, 0.3) is 11.0 Å². The molecule has 0 fully saturated rings. The fourth-order valence-electron chi connectivity index (χ4n) is 3.99. The molecule has 0 radical (unpaired) electrons. The van der Waals surface area contributed by atoms with Gasteiger partial charge in [0.15, 0.2) is 0 Å². The fourth-order valence-corrected chi connectivity index (χ4v) is 3.99. The molecule has 1 aliphatic rings. The Labute approximate surface area is 172 Å². The van der Waals surface area contributed by atoms with E-state index < -0.39 is 11.8 Å². The van der Waals surface area contributed by atoms with Crippen molar-refractivity contribution in [3.63, 3.8) is 0 Å². The number of fused-ring (bicyclic) bond motifs is 2. The molecule has 0 atom stereocenters. The lowest BCUT2D eigenvalue weighted by Crippen LogP contribution is -2.20. The van der Waals surface area contributed by atoms with Crippen LogP contribution in [0, 0.1) is 5.82 Å². The Bertz CT molecular complexity index is 1240. The van der Waals surface area contributed by atoms with E-state index in [9.17, 15) is 9.18 Å². The van der Waals surface area contributed by atoms with Crippen molar-refractivity contribution in [3.05, 3.63) is 83.9 Å². The first kappa shape index (κ1) is 18.2. The molecule has 0 bridgehead atoms. The first-order valence-electron chi connectivity index (χ1n) is 9.79. The van der Waals surface area contributed by atoms with E-state index in [4.69, 9.17) is 0 Å². The van der Waals surface area contributed by atoms with Gasteiger partial charge in [0.1, 0.15) is 11.5 Å². The summed E-state index contributed by atoms with van der Waals surface area (Å²) in [6.07, 6.45) is 4.56. The predicted octanol–water partition coefficient (Wildman–Crippen LogP) is 4.91. The van der Waals surface area contributed by atoms with Crippen LogP contribution in [-0.4, -0.2) is 22.5 Å². The van der Waals surface area contributed by atoms with Gasteiger partial charge >= 0.3 is 6.03 Å². The molecule has 0 saturated heterocycles. The molecule has 5 rings (SSSR count). The molecule has 2 aromatic heterocycles. The molecule has 150 valence electrons. The van der Waals surface area contributed by atoms with E-state index in [1.807, 2.05) is 36.7 Å². The number of benzene rings is 2. The van der Waals surface area contributed by atoms with Gasteiger partial charge in [0.25, 0.3) is 0 Å². The summed E-state index contributed by atoms with van der Waals surface area (Å²) in [5.74, 6) is -0.392. The van der Waals surface area contributed by atoms with Crippen molar-refractivity contribution in [3.8, 4) is 0 Å². The van der Waals surface area contributed by atoms with Crippen LogP contribution in [0.4, 0.5) is 26.2 Å². The summed E-state index contributed by atoms with van der Waals surface area (Å²) in [5, 5.41) is 6.70. The number of anilines is 3. The number of pyridine rings is 1. The lowest BCUT2D eigenvalue weighted by atomic mass is 10.1.